The van der Waals surface area contributed by atoms with Gasteiger partial charge < -0.3 is 10.1 Å². The summed E-state index contributed by atoms with van der Waals surface area (Å²) in [5.74, 6) is -0.221. The van der Waals surface area contributed by atoms with E-state index in [-0.39, 0.29) is 5.91 Å². The maximum absolute atomic E-state index is 14.5. The summed E-state index contributed by atoms with van der Waals surface area (Å²) >= 11 is 0. The molecule has 0 radical (unpaired) electrons. The molecule has 6 nitrogen and oxygen atoms in total. The van der Waals surface area contributed by atoms with Gasteiger partial charge in [0.15, 0.2) is 0 Å². The molecule has 0 atom stereocenters. The Labute approximate surface area is 261 Å². The summed E-state index contributed by atoms with van der Waals surface area (Å²) in [4.78, 5) is 24.2. The molecule has 7 rings (SSSR count). The van der Waals surface area contributed by atoms with E-state index in [1.54, 1.807) is 6.07 Å². The van der Waals surface area contributed by atoms with Crippen LogP contribution in [0.5, 0.6) is 0 Å². The normalized spacial score (nSPS) is 19.4. The molecule has 1 saturated carbocycles. The molecule has 1 aromatic heterocycles. The number of nitrogens with one attached hydrogen (secondary N) is 1. The van der Waals surface area contributed by atoms with E-state index in [4.69, 9.17) is 9.72 Å². The van der Waals surface area contributed by atoms with Crippen molar-refractivity contribution in [3.63, 3.8) is 0 Å². The first kappa shape index (κ1) is 29.9. The van der Waals surface area contributed by atoms with Crippen molar-refractivity contribution in [2.75, 3.05) is 39.4 Å². The van der Waals surface area contributed by atoms with Gasteiger partial charge in [0.25, 0.3) is 5.91 Å². The number of para-hydroxylation sites is 1. The predicted octanol–water partition coefficient (Wildman–Crippen LogP) is 6.64. The first-order valence-corrected chi connectivity index (χ1v) is 15.8. The lowest BCUT2D eigenvalue weighted by atomic mass is 9.93. The molecule has 2 saturated heterocycles. The van der Waals surface area contributed by atoms with Crippen LogP contribution in [0.1, 0.15) is 52.7 Å². The Morgan fingerprint density at radius 3 is 2.33 bits per heavy atom. The van der Waals surface area contributed by atoms with Crippen LogP contribution in [0.2, 0.25) is 0 Å². The number of pyridine rings is 1. The van der Waals surface area contributed by atoms with E-state index in [0.717, 1.165) is 82.8 Å². The molecule has 0 bridgehead atoms. The third-order valence-corrected chi connectivity index (χ3v) is 9.61. The molecule has 3 aromatic carbocycles. The summed E-state index contributed by atoms with van der Waals surface area (Å²) in [5, 5.41) is 4.05. The number of hydrogen-bond acceptors (Lipinski definition) is 5. The van der Waals surface area contributed by atoms with E-state index in [1.165, 1.54) is 6.07 Å². The lowest BCUT2D eigenvalue weighted by molar-refractivity contribution is -0.137. The highest BCUT2D eigenvalue weighted by Crippen LogP contribution is 2.46. The minimum atomic E-state index is -4.50. The van der Waals surface area contributed by atoms with Gasteiger partial charge in [0.2, 0.25) is 0 Å². The lowest BCUT2D eigenvalue weighted by Gasteiger charge is -2.40. The van der Waals surface area contributed by atoms with Crippen LogP contribution in [0.25, 0.3) is 22.2 Å². The third kappa shape index (κ3) is 6.21. The third-order valence-electron chi connectivity index (χ3n) is 9.61. The van der Waals surface area contributed by atoms with E-state index >= 15 is 0 Å². The molecule has 3 fully saturated rings. The number of amides is 1. The van der Waals surface area contributed by atoms with E-state index in [9.17, 15) is 18.0 Å². The maximum atomic E-state index is 14.5. The number of rotatable bonds is 7. The Morgan fingerprint density at radius 1 is 0.911 bits per heavy atom. The molecular formula is C36H37F3N4O2. The van der Waals surface area contributed by atoms with Crippen molar-refractivity contribution in [3.05, 3.63) is 101 Å². The molecule has 1 N–H and O–H groups in total. The quantitative estimate of drug-likeness (QED) is 0.253. The number of nitrogens with zero attached hydrogens (tertiary/aromatic N) is 3. The topological polar surface area (TPSA) is 57.7 Å². The highest BCUT2D eigenvalue weighted by Gasteiger charge is 2.46. The smallest absolute Gasteiger partial charge is 0.379 e. The Bertz CT molecular complexity index is 1680. The Kier molecular flexibility index (Phi) is 8.10. The zero-order valence-electron chi connectivity index (χ0n) is 25.2. The fraction of sp³-hybridized carbons (Fsp3) is 0.389. The van der Waals surface area contributed by atoms with Crippen LogP contribution in [-0.4, -0.2) is 66.1 Å². The van der Waals surface area contributed by atoms with E-state index < -0.39 is 17.3 Å². The molecule has 0 unspecified atom stereocenters. The van der Waals surface area contributed by atoms with Crippen LogP contribution >= 0.6 is 0 Å². The van der Waals surface area contributed by atoms with Crippen LogP contribution < -0.4 is 5.32 Å². The summed E-state index contributed by atoms with van der Waals surface area (Å²) in [6.07, 6.45) is -0.868. The zero-order valence-corrected chi connectivity index (χ0v) is 25.2. The summed E-state index contributed by atoms with van der Waals surface area (Å²) in [7, 11) is 0. The van der Waals surface area contributed by atoms with Gasteiger partial charge in [-0.05, 0) is 62.5 Å². The van der Waals surface area contributed by atoms with Crippen LogP contribution in [0, 0.1) is 0 Å². The van der Waals surface area contributed by atoms with E-state index in [0.29, 0.717) is 45.9 Å². The van der Waals surface area contributed by atoms with Crippen LogP contribution in [0.4, 0.5) is 13.2 Å². The van der Waals surface area contributed by atoms with Gasteiger partial charge in [-0.15, -0.1) is 0 Å². The van der Waals surface area contributed by atoms with Gasteiger partial charge in [0.1, 0.15) is 0 Å². The minimum absolute atomic E-state index is 0.221. The number of benzene rings is 3. The molecular weight excluding hydrogens is 577 g/mol. The van der Waals surface area contributed by atoms with E-state index in [2.05, 4.69) is 15.1 Å². The van der Waals surface area contributed by atoms with Crippen molar-refractivity contribution in [1.29, 1.82) is 0 Å². The highest BCUT2D eigenvalue weighted by atomic mass is 19.4. The van der Waals surface area contributed by atoms with Crippen LogP contribution in [0.3, 0.4) is 0 Å². The fourth-order valence-electron chi connectivity index (χ4n) is 7.00. The number of carbonyl (C=O) groups is 1. The molecule has 2 aliphatic heterocycles. The van der Waals surface area contributed by atoms with Crippen molar-refractivity contribution in [1.82, 2.24) is 20.1 Å². The SMILES string of the molecule is O=C(NC1(c2ccccc2)CC1)c1c(CN2CCC(N3CCOCC3)CC2)c(-c2cccc(C(F)(F)F)c2)nc2ccccc12. The predicted molar refractivity (Wildman–Crippen MR) is 168 cm³/mol. The second kappa shape index (κ2) is 12.2. The fourth-order valence-corrected chi connectivity index (χ4v) is 7.00. The molecule has 1 aliphatic carbocycles. The summed E-state index contributed by atoms with van der Waals surface area (Å²) < 4.78 is 47.1. The van der Waals surface area contributed by atoms with Crippen LogP contribution in [-0.2, 0) is 23.0 Å². The van der Waals surface area contributed by atoms with Crippen molar-refractivity contribution < 1.29 is 22.7 Å². The highest BCUT2D eigenvalue weighted by molar-refractivity contribution is 6.09. The number of piperidine rings is 1. The summed E-state index contributed by atoms with van der Waals surface area (Å²) in [5.41, 5.74) is 2.38. The number of fused-ring (bicyclic) bond motifs is 1. The van der Waals surface area contributed by atoms with Gasteiger partial charge in [0, 0.05) is 42.2 Å². The number of morpholine rings is 1. The lowest BCUT2D eigenvalue weighted by Crippen LogP contribution is -2.48. The van der Waals surface area contributed by atoms with Gasteiger partial charge in [-0.2, -0.15) is 13.2 Å². The van der Waals surface area contributed by atoms with Crippen molar-refractivity contribution in [2.45, 2.75) is 50.0 Å². The molecule has 0 spiro atoms. The Balaban J connectivity index is 1.29. The molecule has 3 aliphatic rings. The average molecular weight is 615 g/mol. The average Bonchev–Trinajstić information content (AvgIpc) is 3.85. The van der Waals surface area contributed by atoms with Crippen molar-refractivity contribution in [3.8, 4) is 11.3 Å². The monoisotopic (exact) mass is 614 g/mol. The molecule has 9 heteroatoms. The molecule has 3 heterocycles. The Morgan fingerprint density at radius 2 is 1.62 bits per heavy atom. The zero-order chi connectivity index (χ0) is 31.0. The first-order valence-electron chi connectivity index (χ1n) is 15.8. The van der Waals surface area contributed by atoms with Crippen molar-refractivity contribution in [2.24, 2.45) is 0 Å². The maximum Gasteiger partial charge on any atom is 0.416 e. The number of carbonyl (C=O) groups excluding carboxylic acids is 1. The number of halogens is 3. The number of ether oxygens (including phenoxy) is 1. The second-order valence-electron chi connectivity index (χ2n) is 12.5. The molecule has 45 heavy (non-hydrogen) atoms. The molecule has 4 aromatic rings. The number of likely N-dealkylation sites (tertiary alicyclic amines) is 1. The summed E-state index contributed by atoms with van der Waals surface area (Å²) in [6.45, 7) is 5.45. The number of hydrogen-bond donors (Lipinski definition) is 1. The second-order valence-corrected chi connectivity index (χ2v) is 12.5. The van der Waals surface area contributed by atoms with Gasteiger partial charge in [-0.1, -0.05) is 60.7 Å². The van der Waals surface area contributed by atoms with Crippen molar-refractivity contribution >= 4 is 16.8 Å². The Hall–Kier alpha value is -3.79. The number of aromatic nitrogens is 1. The van der Waals surface area contributed by atoms with Gasteiger partial charge >= 0.3 is 6.18 Å². The van der Waals surface area contributed by atoms with Gasteiger partial charge in [-0.3, -0.25) is 14.6 Å². The van der Waals surface area contributed by atoms with Crippen LogP contribution in [0.15, 0.2) is 78.9 Å². The molecule has 1 amide bonds. The largest absolute Gasteiger partial charge is 0.416 e. The van der Waals surface area contributed by atoms with E-state index in [1.807, 2.05) is 54.6 Å². The van der Waals surface area contributed by atoms with Gasteiger partial charge in [0.05, 0.1) is 41.1 Å². The minimum Gasteiger partial charge on any atom is -0.379 e. The molecule has 234 valence electrons. The van der Waals surface area contributed by atoms with Gasteiger partial charge in [-0.25, -0.2) is 4.98 Å². The standard InChI is InChI=1S/C36H37F3N4O2/c37-36(38,39)27-10-6-7-25(23-27)33-30(24-42-17-13-28(14-18-42)43-19-21-45-22-20-43)32(29-11-4-5-12-31(29)40-33)34(44)41-35(15-16-35)26-8-2-1-3-9-26/h1-12,23,28H,13-22,24H2,(H,41,44). The number of alkyl halides is 3. The first-order chi connectivity index (χ1) is 21.8. The summed E-state index contributed by atoms with van der Waals surface area (Å²) in [6, 6.07) is 23.2.